The second-order valence-corrected chi connectivity index (χ2v) is 4.82. The summed E-state index contributed by atoms with van der Waals surface area (Å²) >= 11 is 5.90. The van der Waals surface area contributed by atoms with Gasteiger partial charge in [0.2, 0.25) is 0 Å². The molecular formula is C13H17ClN2O. The molecule has 3 nitrogen and oxygen atoms in total. The van der Waals surface area contributed by atoms with Gasteiger partial charge in [0, 0.05) is 17.5 Å². The molecule has 0 bridgehead atoms. The van der Waals surface area contributed by atoms with Crippen molar-refractivity contribution in [3.63, 3.8) is 0 Å². The Bertz CT molecular complexity index is 420. The standard InChI is InChI=1S/C13H17ClN2O/c1-9(5-10-6-13(15)16-8-10)17-12-4-2-3-11(14)7-12/h2-4,6-7,9-10,16H,5,8,15H2,1H3/t9-,10+/m1/s1. The smallest absolute Gasteiger partial charge is 0.121 e. The van der Waals surface area contributed by atoms with E-state index in [-0.39, 0.29) is 6.10 Å². The molecule has 17 heavy (non-hydrogen) atoms. The van der Waals surface area contributed by atoms with Gasteiger partial charge in [-0.15, -0.1) is 0 Å². The molecule has 0 aromatic heterocycles. The number of hydrogen-bond donors (Lipinski definition) is 2. The van der Waals surface area contributed by atoms with Gasteiger partial charge in [-0.3, -0.25) is 0 Å². The average Bonchev–Trinajstić information content (AvgIpc) is 2.63. The summed E-state index contributed by atoms with van der Waals surface area (Å²) in [5.41, 5.74) is 5.67. The zero-order valence-electron chi connectivity index (χ0n) is 9.82. The Labute approximate surface area is 107 Å². The minimum absolute atomic E-state index is 0.141. The van der Waals surface area contributed by atoms with Crippen molar-refractivity contribution in [2.75, 3.05) is 6.54 Å². The van der Waals surface area contributed by atoms with Crippen molar-refractivity contribution in [2.45, 2.75) is 19.4 Å². The van der Waals surface area contributed by atoms with Crippen LogP contribution in [0.15, 0.2) is 36.2 Å². The lowest BCUT2D eigenvalue weighted by molar-refractivity contribution is 0.197. The molecule has 0 amide bonds. The largest absolute Gasteiger partial charge is 0.491 e. The Morgan fingerprint density at radius 1 is 1.59 bits per heavy atom. The molecule has 0 aliphatic carbocycles. The Morgan fingerprint density at radius 3 is 3.06 bits per heavy atom. The van der Waals surface area contributed by atoms with Gasteiger partial charge in [-0.05, 0) is 37.6 Å². The topological polar surface area (TPSA) is 47.3 Å². The SMILES string of the molecule is C[C@H](C[C@H]1C=C(N)NC1)Oc1cccc(Cl)c1. The number of nitrogens with two attached hydrogens (primary N) is 1. The molecule has 0 fully saturated rings. The normalized spacial score (nSPS) is 20.6. The monoisotopic (exact) mass is 252 g/mol. The van der Waals surface area contributed by atoms with Crippen LogP contribution < -0.4 is 15.8 Å². The van der Waals surface area contributed by atoms with Crippen LogP contribution in [0, 0.1) is 5.92 Å². The quantitative estimate of drug-likeness (QED) is 0.866. The Kier molecular flexibility index (Phi) is 3.79. The summed E-state index contributed by atoms with van der Waals surface area (Å²) in [6.45, 7) is 2.96. The number of halogens is 1. The maximum atomic E-state index is 5.90. The highest BCUT2D eigenvalue weighted by molar-refractivity contribution is 6.30. The van der Waals surface area contributed by atoms with Crippen LogP contribution in [0.3, 0.4) is 0 Å². The van der Waals surface area contributed by atoms with Gasteiger partial charge in [0.05, 0.1) is 11.9 Å². The molecule has 2 atom stereocenters. The number of nitrogens with one attached hydrogen (secondary N) is 1. The van der Waals surface area contributed by atoms with Crippen LogP contribution >= 0.6 is 11.6 Å². The zero-order valence-corrected chi connectivity index (χ0v) is 10.6. The summed E-state index contributed by atoms with van der Waals surface area (Å²) in [5, 5.41) is 3.81. The van der Waals surface area contributed by atoms with Crippen LogP contribution in [0.5, 0.6) is 5.75 Å². The fraction of sp³-hybridized carbons (Fsp3) is 0.385. The molecule has 92 valence electrons. The number of ether oxygens (including phenoxy) is 1. The van der Waals surface area contributed by atoms with E-state index in [1.54, 1.807) is 0 Å². The van der Waals surface area contributed by atoms with E-state index in [4.69, 9.17) is 22.1 Å². The molecule has 2 rings (SSSR count). The van der Waals surface area contributed by atoms with Crippen molar-refractivity contribution >= 4 is 11.6 Å². The van der Waals surface area contributed by atoms with Crippen LogP contribution in [0.4, 0.5) is 0 Å². The van der Waals surface area contributed by atoms with E-state index in [1.165, 1.54) is 0 Å². The van der Waals surface area contributed by atoms with Crippen LogP contribution in [-0.4, -0.2) is 12.6 Å². The van der Waals surface area contributed by atoms with Crippen LogP contribution in [0.1, 0.15) is 13.3 Å². The zero-order chi connectivity index (χ0) is 12.3. The van der Waals surface area contributed by atoms with Gasteiger partial charge in [-0.2, -0.15) is 0 Å². The maximum absolute atomic E-state index is 5.90. The maximum Gasteiger partial charge on any atom is 0.121 e. The molecule has 0 spiro atoms. The molecule has 0 radical (unpaired) electrons. The Balaban J connectivity index is 1.87. The lowest BCUT2D eigenvalue weighted by Crippen LogP contribution is -2.20. The fourth-order valence-electron chi connectivity index (χ4n) is 2.02. The number of rotatable bonds is 4. The summed E-state index contributed by atoms with van der Waals surface area (Å²) < 4.78 is 5.81. The summed E-state index contributed by atoms with van der Waals surface area (Å²) in [4.78, 5) is 0. The molecule has 1 aromatic carbocycles. The van der Waals surface area contributed by atoms with Crippen molar-refractivity contribution in [3.05, 3.63) is 41.2 Å². The van der Waals surface area contributed by atoms with Gasteiger partial charge in [0.1, 0.15) is 5.75 Å². The molecule has 1 aliphatic heterocycles. The fourth-order valence-corrected chi connectivity index (χ4v) is 2.20. The van der Waals surface area contributed by atoms with Crippen molar-refractivity contribution in [3.8, 4) is 5.75 Å². The minimum atomic E-state index is 0.141. The van der Waals surface area contributed by atoms with Gasteiger partial charge in [-0.25, -0.2) is 0 Å². The van der Waals surface area contributed by atoms with Crippen molar-refractivity contribution in [2.24, 2.45) is 11.7 Å². The molecular weight excluding hydrogens is 236 g/mol. The molecule has 3 N–H and O–H groups in total. The summed E-state index contributed by atoms with van der Waals surface area (Å²) in [7, 11) is 0. The highest BCUT2D eigenvalue weighted by Gasteiger charge is 2.17. The first-order valence-corrected chi connectivity index (χ1v) is 6.14. The van der Waals surface area contributed by atoms with Crippen molar-refractivity contribution in [1.29, 1.82) is 0 Å². The van der Waals surface area contributed by atoms with E-state index in [0.717, 1.165) is 24.5 Å². The highest BCUT2D eigenvalue weighted by Crippen LogP contribution is 2.21. The van der Waals surface area contributed by atoms with E-state index >= 15 is 0 Å². The van der Waals surface area contributed by atoms with E-state index in [9.17, 15) is 0 Å². The second kappa shape index (κ2) is 5.32. The van der Waals surface area contributed by atoms with Gasteiger partial charge in [0.25, 0.3) is 0 Å². The first kappa shape index (κ1) is 12.1. The molecule has 1 aromatic rings. The molecule has 0 saturated heterocycles. The summed E-state index contributed by atoms with van der Waals surface area (Å²) in [5.74, 6) is 2.03. The first-order valence-electron chi connectivity index (χ1n) is 5.77. The van der Waals surface area contributed by atoms with Gasteiger partial charge >= 0.3 is 0 Å². The molecule has 4 heteroatoms. The average molecular weight is 253 g/mol. The molecule has 0 unspecified atom stereocenters. The third-order valence-corrected chi connectivity index (χ3v) is 2.99. The molecule has 0 saturated carbocycles. The summed E-state index contributed by atoms with van der Waals surface area (Å²) in [6, 6.07) is 7.47. The Hall–Kier alpha value is -1.35. The molecule has 1 aliphatic rings. The van der Waals surface area contributed by atoms with Crippen LogP contribution in [0.2, 0.25) is 5.02 Å². The predicted octanol–water partition coefficient (Wildman–Crippen LogP) is 2.52. The van der Waals surface area contributed by atoms with Crippen LogP contribution in [-0.2, 0) is 0 Å². The van der Waals surface area contributed by atoms with E-state index < -0.39 is 0 Å². The van der Waals surface area contributed by atoms with Crippen LogP contribution in [0.25, 0.3) is 0 Å². The lowest BCUT2D eigenvalue weighted by Gasteiger charge is -2.17. The van der Waals surface area contributed by atoms with Crippen molar-refractivity contribution in [1.82, 2.24) is 5.32 Å². The van der Waals surface area contributed by atoms with E-state index in [0.29, 0.717) is 10.9 Å². The molecule has 1 heterocycles. The second-order valence-electron chi connectivity index (χ2n) is 4.38. The van der Waals surface area contributed by atoms with Crippen molar-refractivity contribution < 1.29 is 4.74 Å². The first-order chi connectivity index (χ1) is 8.13. The number of hydrogen-bond acceptors (Lipinski definition) is 3. The minimum Gasteiger partial charge on any atom is -0.491 e. The predicted molar refractivity (Wildman–Crippen MR) is 69.9 cm³/mol. The third kappa shape index (κ3) is 3.56. The summed E-state index contributed by atoms with van der Waals surface area (Å²) in [6.07, 6.45) is 3.14. The lowest BCUT2D eigenvalue weighted by atomic mass is 10.0. The number of benzene rings is 1. The highest BCUT2D eigenvalue weighted by atomic mass is 35.5. The van der Waals surface area contributed by atoms with Gasteiger partial charge in [0.15, 0.2) is 0 Å². The Morgan fingerprint density at radius 2 is 2.41 bits per heavy atom. The van der Waals surface area contributed by atoms with Gasteiger partial charge < -0.3 is 15.8 Å². The van der Waals surface area contributed by atoms with E-state index in [2.05, 4.69) is 18.3 Å². The van der Waals surface area contributed by atoms with Gasteiger partial charge in [-0.1, -0.05) is 17.7 Å². The third-order valence-electron chi connectivity index (χ3n) is 2.75. The van der Waals surface area contributed by atoms with E-state index in [1.807, 2.05) is 24.3 Å².